The van der Waals surface area contributed by atoms with Gasteiger partial charge in [-0.2, -0.15) is 0 Å². The van der Waals surface area contributed by atoms with Gasteiger partial charge in [0.15, 0.2) is 0 Å². The minimum absolute atomic E-state index is 0.299. The Balaban J connectivity index is 1.81. The monoisotopic (exact) mass is 329 g/mol. The first kappa shape index (κ1) is 13.3. The molecule has 0 aliphatic rings. The highest BCUT2D eigenvalue weighted by molar-refractivity contribution is 7.94. The molecular formula is C15H11N3O2S2. The second kappa shape index (κ2) is 4.82. The second-order valence-electron chi connectivity index (χ2n) is 4.82. The molecule has 0 amide bonds. The van der Waals surface area contributed by atoms with Crippen LogP contribution in [-0.4, -0.2) is 18.4 Å². The molecule has 1 aromatic carbocycles. The van der Waals surface area contributed by atoms with Crippen molar-refractivity contribution in [1.29, 1.82) is 0 Å². The number of sulfonamides is 1. The number of nitrogens with zero attached hydrogens (tertiary/aromatic N) is 1. The van der Waals surface area contributed by atoms with E-state index in [-0.39, 0.29) is 0 Å². The maximum Gasteiger partial charge on any atom is 0.271 e. The van der Waals surface area contributed by atoms with Crippen LogP contribution >= 0.6 is 11.3 Å². The normalized spacial score (nSPS) is 12.0. The fraction of sp³-hybridized carbons (Fsp3) is 0. The van der Waals surface area contributed by atoms with Gasteiger partial charge >= 0.3 is 0 Å². The van der Waals surface area contributed by atoms with Crippen molar-refractivity contribution in [3.8, 4) is 0 Å². The molecule has 7 heteroatoms. The molecule has 0 atom stereocenters. The van der Waals surface area contributed by atoms with E-state index in [1.54, 1.807) is 29.8 Å². The Labute approximate surface area is 130 Å². The van der Waals surface area contributed by atoms with Crippen LogP contribution in [0.15, 0.2) is 58.3 Å². The van der Waals surface area contributed by atoms with Crippen molar-refractivity contribution < 1.29 is 8.42 Å². The molecular weight excluding hydrogens is 318 g/mol. The van der Waals surface area contributed by atoms with Crippen molar-refractivity contribution in [1.82, 2.24) is 9.97 Å². The Hall–Kier alpha value is -2.38. The molecule has 0 spiro atoms. The lowest BCUT2D eigenvalue weighted by atomic mass is 10.2. The van der Waals surface area contributed by atoms with Crippen LogP contribution in [0.4, 0.5) is 5.69 Å². The van der Waals surface area contributed by atoms with E-state index in [0.29, 0.717) is 9.90 Å². The van der Waals surface area contributed by atoms with Gasteiger partial charge in [0.2, 0.25) is 0 Å². The highest BCUT2D eigenvalue weighted by Gasteiger charge is 2.15. The average molecular weight is 329 g/mol. The van der Waals surface area contributed by atoms with E-state index in [1.165, 1.54) is 11.3 Å². The Morgan fingerprint density at radius 1 is 1.09 bits per heavy atom. The summed E-state index contributed by atoms with van der Waals surface area (Å²) in [7, 11) is -3.53. The van der Waals surface area contributed by atoms with Gasteiger partial charge in [0, 0.05) is 28.2 Å². The Bertz CT molecular complexity index is 1070. The van der Waals surface area contributed by atoms with E-state index >= 15 is 0 Å². The summed E-state index contributed by atoms with van der Waals surface area (Å²) in [5, 5.41) is 3.65. The fourth-order valence-electron chi connectivity index (χ4n) is 2.41. The number of anilines is 1. The quantitative estimate of drug-likeness (QED) is 0.603. The predicted octanol–water partition coefficient (Wildman–Crippen LogP) is 3.58. The van der Waals surface area contributed by atoms with Crippen LogP contribution < -0.4 is 4.72 Å². The zero-order chi connectivity index (χ0) is 15.2. The topological polar surface area (TPSA) is 74.8 Å². The summed E-state index contributed by atoms with van der Waals surface area (Å²) in [6.45, 7) is 0. The summed E-state index contributed by atoms with van der Waals surface area (Å²) in [5.74, 6) is 0. The molecule has 0 aliphatic carbocycles. The van der Waals surface area contributed by atoms with Crippen molar-refractivity contribution in [2.45, 2.75) is 4.21 Å². The number of nitrogens with one attached hydrogen (secondary N) is 2. The Morgan fingerprint density at radius 2 is 2.00 bits per heavy atom. The molecule has 22 heavy (non-hydrogen) atoms. The minimum atomic E-state index is -3.53. The molecule has 0 saturated heterocycles. The lowest BCUT2D eigenvalue weighted by Crippen LogP contribution is -2.11. The second-order valence-corrected chi connectivity index (χ2v) is 7.68. The van der Waals surface area contributed by atoms with Gasteiger partial charge in [-0.3, -0.25) is 4.72 Å². The number of aromatic amines is 1. The van der Waals surface area contributed by atoms with Crippen LogP contribution in [0.2, 0.25) is 0 Å². The Morgan fingerprint density at radius 3 is 2.82 bits per heavy atom. The third kappa shape index (κ3) is 2.15. The van der Waals surface area contributed by atoms with Gasteiger partial charge in [0.25, 0.3) is 10.0 Å². The molecule has 4 aromatic rings. The van der Waals surface area contributed by atoms with Crippen LogP contribution in [0.25, 0.3) is 21.9 Å². The zero-order valence-corrected chi connectivity index (χ0v) is 12.9. The van der Waals surface area contributed by atoms with Crippen LogP contribution in [0.5, 0.6) is 0 Å². The van der Waals surface area contributed by atoms with E-state index in [1.807, 2.05) is 24.3 Å². The number of fused-ring (bicyclic) bond motifs is 3. The maximum atomic E-state index is 12.3. The maximum absolute atomic E-state index is 12.3. The van der Waals surface area contributed by atoms with E-state index in [0.717, 1.165) is 21.9 Å². The summed E-state index contributed by atoms with van der Waals surface area (Å²) in [6, 6.07) is 12.5. The molecule has 3 heterocycles. The first-order chi connectivity index (χ1) is 10.6. The van der Waals surface area contributed by atoms with Gasteiger partial charge in [-0.15, -0.1) is 11.3 Å². The summed E-state index contributed by atoms with van der Waals surface area (Å²) < 4.78 is 27.5. The molecule has 5 nitrogen and oxygen atoms in total. The minimum Gasteiger partial charge on any atom is -0.339 e. The molecule has 0 radical (unpaired) electrons. The van der Waals surface area contributed by atoms with Gasteiger partial charge in [-0.25, -0.2) is 13.4 Å². The van der Waals surface area contributed by atoms with Crippen molar-refractivity contribution in [3.05, 3.63) is 54.0 Å². The van der Waals surface area contributed by atoms with Crippen LogP contribution in [0.3, 0.4) is 0 Å². The van der Waals surface area contributed by atoms with Gasteiger partial charge in [0.1, 0.15) is 9.86 Å². The standard InChI is InChI=1S/C15H11N3O2S2/c19-22(20,14-4-2-8-21-14)18-10-5-6-13-12(9-10)11-3-1-7-16-15(11)17-13/h1-9,18H,(H,16,17). The number of thiophene rings is 1. The highest BCUT2D eigenvalue weighted by Crippen LogP contribution is 2.28. The third-order valence-electron chi connectivity index (χ3n) is 3.38. The third-order valence-corrected chi connectivity index (χ3v) is 6.16. The molecule has 2 N–H and O–H groups in total. The van der Waals surface area contributed by atoms with Gasteiger partial charge in [0.05, 0.1) is 0 Å². The molecule has 0 saturated carbocycles. The van der Waals surface area contributed by atoms with Crippen LogP contribution in [0, 0.1) is 0 Å². The van der Waals surface area contributed by atoms with Gasteiger partial charge < -0.3 is 4.98 Å². The summed E-state index contributed by atoms with van der Waals surface area (Å²) >= 11 is 1.19. The van der Waals surface area contributed by atoms with Crippen LogP contribution in [0.1, 0.15) is 0 Å². The molecule has 0 bridgehead atoms. The lowest BCUT2D eigenvalue weighted by molar-refractivity contribution is 0.603. The molecule has 0 fully saturated rings. The van der Waals surface area contributed by atoms with Crippen molar-refractivity contribution in [2.75, 3.05) is 4.72 Å². The Kier molecular flexibility index (Phi) is 2.91. The number of hydrogen-bond donors (Lipinski definition) is 2. The largest absolute Gasteiger partial charge is 0.339 e. The molecule has 3 aromatic heterocycles. The molecule has 0 unspecified atom stereocenters. The number of rotatable bonds is 3. The van der Waals surface area contributed by atoms with E-state index in [4.69, 9.17) is 0 Å². The fourth-order valence-corrected chi connectivity index (χ4v) is 4.45. The van der Waals surface area contributed by atoms with E-state index in [9.17, 15) is 8.42 Å². The predicted molar refractivity (Wildman–Crippen MR) is 88.7 cm³/mol. The van der Waals surface area contributed by atoms with Crippen LogP contribution in [-0.2, 0) is 10.0 Å². The molecule has 0 aliphatic heterocycles. The first-order valence-corrected chi connectivity index (χ1v) is 8.92. The number of aromatic nitrogens is 2. The zero-order valence-electron chi connectivity index (χ0n) is 11.3. The van der Waals surface area contributed by atoms with Crippen molar-refractivity contribution >= 4 is 49.0 Å². The first-order valence-electron chi connectivity index (χ1n) is 6.56. The average Bonchev–Trinajstić information content (AvgIpc) is 3.14. The van der Waals surface area contributed by atoms with Crippen molar-refractivity contribution in [2.24, 2.45) is 0 Å². The highest BCUT2D eigenvalue weighted by atomic mass is 32.2. The van der Waals surface area contributed by atoms with Crippen molar-refractivity contribution in [3.63, 3.8) is 0 Å². The van der Waals surface area contributed by atoms with Gasteiger partial charge in [-0.05, 0) is 41.8 Å². The summed E-state index contributed by atoms with van der Waals surface area (Å²) in [4.78, 5) is 7.48. The number of H-pyrrole nitrogens is 1. The lowest BCUT2D eigenvalue weighted by Gasteiger charge is -2.06. The van der Waals surface area contributed by atoms with Gasteiger partial charge in [-0.1, -0.05) is 6.07 Å². The van der Waals surface area contributed by atoms with E-state index in [2.05, 4.69) is 14.7 Å². The number of pyridine rings is 1. The summed E-state index contributed by atoms with van der Waals surface area (Å²) in [6.07, 6.45) is 1.72. The smallest absolute Gasteiger partial charge is 0.271 e. The SMILES string of the molecule is O=S(=O)(Nc1ccc2[nH]c3ncccc3c2c1)c1cccs1. The molecule has 4 rings (SSSR count). The number of benzene rings is 1. The summed E-state index contributed by atoms with van der Waals surface area (Å²) in [5.41, 5.74) is 2.24. The number of hydrogen-bond acceptors (Lipinski definition) is 4. The molecule has 110 valence electrons. The van der Waals surface area contributed by atoms with E-state index < -0.39 is 10.0 Å².